The summed E-state index contributed by atoms with van der Waals surface area (Å²) in [5.41, 5.74) is 1.55. The zero-order valence-electron chi connectivity index (χ0n) is 15.9. The van der Waals surface area contributed by atoms with E-state index >= 15 is 0 Å². The van der Waals surface area contributed by atoms with E-state index in [0.717, 1.165) is 18.4 Å². The number of carbonyl (C=O) groups excluding carboxylic acids is 1. The fraction of sp³-hybridized carbons (Fsp3) is 0.381. The van der Waals surface area contributed by atoms with Crippen LogP contribution in [0, 0.1) is 0 Å². The van der Waals surface area contributed by atoms with Gasteiger partial charge in [-0.25, -0.2) is 0 Å². The number of hydrogen-bond acceptors (Lipinski definition) is 4. The lowest BCUT2D eigenvalue weighted by atomic mass is 10.1. The normalized spacial score (nSPS) is 17.4. The van der Waals surface area contributed by atoms with Gasteiger partial charge in [0.15, 0.2) is 0 Å². The van der Waals surface area contributed by atoms with Gasteiger partial charge in [-0.3, -0.25) is 4.79 Å². The predicted molar refractivity (Wildman–Crippen MR) is 102 cm³/mol. The molecule has 0 aliphatic carbocycles. The summed E-state index contributed by atoms with van der Waals surface area (Å²) < 4.78 is 7.58. The fourth-order valence-corrected chi connectivity index (χ4v) is 3.45. The number of amides is 1. The van der Waals surface area contributed by atoms with Crippen LogP contribution in [0.15, 0.2) is 53.3 Å². The molecule has 1 atom stereocenters. The topological polar surface area (TPSA) is 64.2 Å². The molecule has 0 saturated carbocycles. The Morgan fingerprint density at radius 2 is 1.96 bits per heavy atom. The Bertz CT molecular complexity index is 937. The van der Waals surface area contributed by atoms with Gasteiger partial charge >= 0.3 is 0 Å². The van der Waals surface area contributed by atoms with Crippen LogP contribution in [0.5, 0.6) is 0 Å². The molecule has 6 heteroatoms. The van der Waals surface area contributed by atoms with Gasteiger partial charge in [-0.15, -0.1) is 0 Å². The summed E-state index contributed by atoms with van der Waals surface area (Å²) in [6, 6.07) is 11.4. The number of likely N-dealkylation sites (tertiary alicyclic amines) is 1. The third-order valence-corrected chi connectivity index (χ3v) is 4.99. The maximum absolute atomic E-state index is 13.1. The van der Waals surface area contributed by atoms with Crippen LogP contribution in [0.25, 0.3) is 11.4 Å². The maximum atomic E-state index is 13.1. The summed E-state index contributed by atoms with van der Waals surface area (Å²) in [5, 5.41) is 4.11. The highest BCUT2D eigenvalue weighted by molar-refractivity contribution is 5.94. The number of nitrogens with zero attached hydrogens (tertiary/aromatic N) is 4. The van der Waals surface area contributed by atoms with Crippen LogP contribution in [0.2, 0.25) is 0 Å². The van der Waals surface area contributed by atoms with Crippen LogP contribution in [0.4, 0.5) is 0 Å². The highest BCUT2D eigenvalue weighted by Crippen LogP contribution is 2.33. The van der Waals surface area contributed by atoms with Gasteiger partial charge in [0, 0.05) is 30.0 Å². The number of carbonyl (C=O) groups is 1. The third-order valence-electron chi connectivity index (χ3n) is 4.99. The minimum atomic E-state index is -0.166. The molecule has 1 amide bonds. The molecule has 27 heavy (non-hydrogen) atoms. The lowest BCUT2D eigenvalue weighted by Gasteiger charge is -2.22. The molecule has 1 fully saturated rings. The predicted octanol–water partition coefficient (Wildman–Crippen LogP) is 4.27. The molecular weight excluding hydrogens is 340 g/mol. The Kier molecular flexibility index (Phi) is 4.34. The summed E-state index contributed by atoms with van der Waals surface area (Å²) in [7, 11) is 0. The zero-order chi connectivity index (χ0) is 19.0. The molecule has 1 aliphatic rings. The smallest absolute Gasteiger partial charge is 0.256 e. The highest BCUT2D eigenvalue weighted by atomic mass is 16.5. The lowest BCUT2D eigenvalue weighted by Crippen LogP contribution is -2.30. The van der Waals surface area contributed by atoms with E-state index in [2.05, 4.69) is 35.5 Å². The van der Waals surface area contributed by atoms with Gasteiger partial charge in [0.1, 0.15) is 6.04 Å². The molecule has 0 unspecified atom stereocenters. The zero-order valence-corrected chi connectivity index (χ0v) is 15.9. The van der Waals surface area contributed by atoms with Crippen LogP contribution in [-0.4, -0.2) is 32.1 Å². The van der Waals surface area contributed by atoms with Crippen molar-refractivity contribution in [1.29, 1.82) is 0 Å². The van der Waals surface area contributed by atoms with Crippen molar-refractivity contribution in [1.82, 2.24) is 19.6 Å². The fourth-order valence-electron chi connectivity index (χ4n) is 3.45. The minimum absolute atomic E-state index is 0.0139. The number of benzene rings is 1. The summed E-state index contributed by atoms with van der Waals surface area (Å²) in [4.78, 5) is 19.5. The van der Waals surface area contributed by atoms with Crippen molar-refractivity contribution in [2.75, 3.05) is 6.54 Å². The van der Waals surface area contributed by atoms with Crippen LogP contribution in [0.1, 0.15) is 55.9 Å². The van der Waals surface area contributed by atoms with Gasteiger partial charge in [0.05, 0.1) is 5.56 Å². The number of rotatable bonds is 3. The summed E-state index contributed by atoms with van der Waals surface area (Å²) in [5.74, 6) is 1.08. The molecule has 0 N–H and O–H groups in total. The highest BCUT2D eigenvalue weighted by Gasteiger charge is 2.35. The van der Waals surface area contributed by atoms with Crippen LogP contribution >= 0.6 is 0 Å². The molecule has 6 nitrogen and oxygen atoms in total. The first-order valence-electron chi connectivity index (χ1n) is 9.32. The van der Waals surface area contributed by atoms with Gasteiger partial charge < -0.3 is 14.0 Å². The Hall–Kier alpha value is -2.89. The molecule has 4 rings (SSSR count). The van der Waals surface area contributed by atoms with Crippen molar-refractivity contribution in [2.45, 2.75) is 45.2 Å². The molecule has 0 radical (unpaired) electrons. The second kappa shape index (κ2) is 6.68. The van der Waals surface area contributed by atoms with E-state index in [1.807, 2.05) is 53.7 Å². The van der Waals surface area contributed by atoms with E-state index in [4.69, 9.17) is 4.52 Å². The molecule has 0 bridgehead atoms. The standard InChI is InChI=1S/C21H24N4O2/c1-21(2,3)24-13-11-16(14-24)20(26)25-12-7-10-17(25)19-22-18(23-27-19)15-8-5-4-6-9-15/h4-6,8-9,11,13-14,17H,7,10,12H2,1-3H3/t17-/m0/s1. The molecule has 3 heterocycles. The van der Waals surface area contributed by atoms with Crippen LogP contribution < -0.4 is 0 Å². The largest absolute Gasteiger partial charge is 0.348 e. The van der Waals surface area contributed by atoms with Crippen molar-refractivity contribution in [2.24, 2.45) is 0 Å². The van der Waals surface area contributed by atoms with Gasteiger partial charge in [0.2, 0.25) is 11.7 Å². The third kappa shape index (κ3) is 3.39. The first-order chi connectivity index (χ1) is 12.9. The second-order valence-electron chi connectivity index (χ2n) is 7.96. The Morgan fingerprint density at radius 3 is 2.67 bits per heavy atom. The summed E-state index contributed by atoms with van der Waals surface area (Å²) >= 11 is 0. The minimum Gasteiger partial charge on any atom is -0.348 e. The SMILES string of the molecule is CC(C)(C)n1ccc(C(=O)N2CCC[C@H]2c2nc(-c3ccccc3)no2)c1. The van der Waals surface area contributed by atoms with E-state index in [9.17, 15) is 4.79 Å². The van der Waals surface area contributed by atoms with Crippen molar-refractivity contribution in [3.05, 3.63) is 60.2 Å². The van der Waals surface area contributed by atoms with E-state index in [1.165, 1.54) is 0 Å². The van der Waals surface area contributed by atoms with E-state index in [1.54, 1.807) is 0 Å². The molecule has 3 aromatic rings. The first-order valence-corrected chi connectivity index (χ1v) is 9.32. The number of aromatic nitrogens is 3. The Labute approximate surface area is 158 Å². The van der Waals surface area contributed by atoms with E-state index < -0.39 is 0 Å². The van der Waals surface area contributed by atoms with E-state index in [-0.39, 0.29) is 17.5 Å². The average molecular weight is 364 g/mol. The summed E-state index contributed by atoms with van der Waals surface area (Å²) in [6.45, 7) is 7.05. The quantitative estimate of drug-likeness (QED) is 0.696. The molecule has 2 aromatic heterocycles. The lowest BCUT2D eigenvalue weighted by molar-refractivity contribution is 0.0710. The molecule has 1 aliphatic heterocycles. The molecule has 0 spiro atoms. The Balaban J connectivity index is 1.57. The van der Waals surface area contributed by atoms with Crippen molar-refractivity contribution < 1.29 is 9.32 Å². The summed E-state index contributed by atoms with van der Waals surface area (Å²) in [6.07, 6.45) is 5.64. The molecular formula is C21H24N4O2. The van der Waals surface area contributed by atoms with Gasteiger partial charge in [-0.2, -0.15) is 4.98 Å². The van der Waals surface area contributed by atoms with Gasteiger partial charge in [0.25, 0.3) is 5.91 Å². The second-order valence-corrected chi connectivity index (χ2v) is 7.96. The maximum Gasteiger partial charge on any atom is 0.256 e. The Morgan fingerprint density at radius 1 is 1.19 bits per heavy atom. The number of hydrogen-bond donors (Lipinski definition) is 0. The molecule has 1 aromatic carbocycles. The van der Waals surface area contributed by atoms with Gasteiger partial charge in [-0.05, 0) is 39.7 Å². The van der Waals surface area contributed by atoms with Crippen molar-refractivity contribution in [3.63, 3.8) is 0 Å². The molecule has 140 valence electrons. The van der Waals surface area contributed by atoms with Crippen molar-refractivity contribution in [3.8, 4) is 11.4 Å². The van der Waals surface area contributed by atoms with Crippen molar-refractivity contribution >= 4 is 5.91 Å². The van der Waals surface area contributed by atoms with Crippen LogP contribution in [-0.2, 0) is 5.54 Å². The van der Waals surface area contributed by atoms with Gasteiger partial charge in [-0.1, -0.05) is 35.5 Å². The monoisotopic (exact) mass is 364 g/mol. The molecule has 1 saturated heterocycles. The van der Waals surface area contributed by atoms with Crippen LogP contribution in [0.3, 0.4) is 0 Å². The van der Waals surface area contributed by atoms with E-state index in [0.29, 0.717) is 23.8 Å². The first kappa shape index (κ1) is 17.5. The average Bonchev–Trinajstić information content (AvgIpc) is 3.40.